The van der Waals surface area contributed by atoms with Crippen LogP contribution in [0.1, 0.15) is 12.8 Å². The van der Waals surface area contributed by atoms with Gasteiger partial charge in [0.15, 0.2) is 0 Å². The second kappa shape index (κ2) is 9.88. The monoisotopic (exact) mass is 162 g/mol. The summed E-state index contributed by atoms with van der Waals surface area (Å²) in [6, 6.07) is 0. The molecule has 0 spiro atoms. The number of aliphatic hydroxyl groups excluding tert-OH is 2. The zero-order valence-electron chi connectivity index (χ0n) is 7.75. The molecule has 2 N–H and O–H groups in total. The quantitative estimate of drug-likeness (QED) is 0.620. The predicted molar refractivity (Wildman–Crippen MR) is 47.3 cm³/mol. The fourth-order valence-corrected chi connectivity index (χ4v) is 0.327. The van der Waals surface area contributed by atoms with Crippen molar-refractivity contribution in [1.29, 1.82) is 0 Å². The van der Waals surface area contributed by atoms with Crippen molar-refractivity contribution in [3.05, 3.63) is 6.92 Å². The fraction of sp³-hybridized carbons (Fsp3) is 0.875. The second-order valence-corrected chi connectivity index (χ2v) is 2.86. The van der Waals surface area contributed by atoms with Gasteiger partial charge in [0.1, 0.15) is 0 Å². The molecular formula is C8H20NO2. The van der Waals surface area contributed by atoms with Crippen LogP contribution in [-0.4, -0.2) is 49.0 Å². The molecule has 1 radical (unpaired) electrons. The van der Waals surface area contributed by atoms with Crippen LogP contribution >= 0.6 is 0 Å². The highest BCUT2D eigenvalue weighted by molar-refractivity contribution is 4.54. The van der Waals surface area contributed by atoms with Crippen LogP contribution in [0.4, 0.5) is 0 Å². The Kier molecular flexibility index (Phi) is 12.1. The molecule has 3 heteroatoms. The molecule has 0 aliphatic rings. The van der Waals surface area contributed by atoms with Crippen molar-refractivity contribution >= 4 is 0 Å². The third-order valence-electron chi connectivity index (χ3n) is 0.695. The van der Waals surface area contributed by atoms with E-state index in [4.69, 9.17) is 10.2 Å². The van der Waals surface area contributed by atoms with Crippen LogP contribution in [0.2, 0.25) is 0 Å². The topological polar surface area (TPSA) is 43.7 Å². The number of hydrogen-bond acceptors (Lipinski definition) is 3. The van der Waals surface area contributed by atoms with Crippen LogP contribution < -0.4 is 0 Å². The van der Waals surface area contributed by atoms with Crippen LogP contribution in [0, 0.1) is 6.92 Å². The maximum absolute atomic E-state index is 8.46. The SMILES string of the molecule is CN(C)C.[CH2]C(O)CCCO. The number of aliphatic hydroxyl groups is 2. The van der Waals surface area contributed by atoms with E-state index in [-0.39, 0.29) is 6.61 Å². The summed E-state index contributed by atoms with van der Waals surface area (Å²) >= 11 is 0. The maximum Gasteiger partial charge on any atom is 0.0542 e. The molecule has 0 saturated heterocycles. The first-order valence-corrected chi connectivity index (χ1v) is 3.73. The zero-order valence-corrected chi connectivity index (χ0v) is 7.75. The van der Waals surface area contributed by atoms with Crippen molar-refractivity contribution < 1.29 is 10.2 Å². The lowest BCUT2D eigenvalue weighted by Crippen LogP contribution is -2.00. The summed E-state index contributed by atoms with van der Waals surface area (Å²) in [6.07, 6.45) is 0.730. The van der Waals surface area contributed by atoms with E-state index < -0.39 is 6.10 Å². The van der Waals surface area contributed by atoms with Gasteiger partial charge >= 0.3 is 0 Å². The molecule has 69 valence electrons. The van der Waals surface area contributed by atoms with Crippen LogP contribution in [0.25, 0.3) is 0 Å². The summed E-state index contributed by atoms with van der Waals surface area (Å²) < 4.78 is 0. The van der Waals surface area contributed by atoms with Gasteiger partial charge in [-0.2, -0.15) is 0 Å². The second-order valence-electron chi connectivity index (χ2n) is 2.86. The Labute approximate surface area is 69.6 Å². The van der Waals surface area contributed by atoms with Crippen molar-refractivity contribution in [1.82, 2.24) is 4.90 Å². The Bertz CT molecular complexity index is 62.4. The maximum atomic E-state index is 8.46. The lowest BCUT2D eigenvalue weighted by molar-refractivity contribution is 0.188. The van der Waals surface area contributed by atoms with Crippen molar-refractivity contribution in [3.63, 3.8) is 0 Å². The van der Waals surface area contributed by atoms with Crippen molar-refractivity contribution in [3.8, 4) is 0 Å². The molecule has 1 atom stereocenters. The minimum atomic E-state index is -0.507. The van der Waals surface area contributed by atoms with E-state index in [1.165, 1.54) is 0 Å². The van der Waals surface area contributed by atoms with Gasteiger partial charge in [-0.05, 0) is 40.9 Å². The van der Waals surface area contributed by atoms with E-state index in [9.17, 15) is 0 Å². The van der Waals surface area contributed by atoms with Crippen LogP contribution in [-0.2, 0) is 0 Å². The molecule has 0 aliphatic carbocycles. The Morgan fingerprint density at radius 3 is 1.82 bits per heavy atom. The van der Waals surface area contributed by atoms with Gasteiger partial charge in [-0.3, -0.25) is 0 Å². The average Bonchev–Trinajstić information content (AvgIpc) is 1.82. The number of rotatable bonds is 3. The van der Waals surface area contributed by atoms with Gasteiger partial charge < -0.3 is 15.1 Å². The first kappa shape index (κ1) is 13.5. The van der Waals surface area contributed by atoms with Gasteiger partial charge in [-0.1, -0.05) is 0 Å². The van der Waals surface area contributed by atoms with Crippen LogP contribution in [0.5, 0.6) is 0 Å². The smallest absolute Gasteiger partial charge is 0.0542 e. The first-order chi connectivity index (χ1) is 5.00. The van der Waals surface area contributed by atoms with Crippen LogP contribution in [0.3, 0.4) is 0 Å². The first-order valence-electron chi connectivity index (χ1n) is 3.73. The average molecular weight is 162 g/mol. The molecule has 0 fully saturated rings. The van der Waals surface area contributed by atoms with E-state index in [1.54, 1.807) is 0 Å². The molecule has 0 aromatic heterocycles. The van der Waals surface area contributed by atoms with Crippen molar-refractivity contribution in [2.24, 2.45) is 0 Å². The highest BCUT2D eigenvalue weighted by atomic mass is 16.3. The summed E-state index contributed by atoms with van der Waals surface area (Å²) in [4.78, 5) is 2.00. The van der Waals surface area contributed by atoms with Crippen molar-refractivity contribution in [2.75, 3.05) is 27.7 Å². The lowest BCUT2D eigenvalue weighted by atomic mass is 10.2. The third-order valence-corrected chi connectivity index (χ3v) is 0.695. The van der Waals surface area contributed by atoms with Crippen molar-refractivity contribution in [2.45, 2.75) is 18.9 Å². The molecule has 0 aromatic rings. The molecule has 0 saturated carbocycles. The van der Waals surface area contributed by atoms with E-state index in [0.717, 1.165) is 0 Å². The van der Waals surface area contributed by atoms with Gasteiger partial charge in [0, 0.05) is 6.61 Å². The summed E-state index contributed by atoms with van der Waals surface area (Å²) in [5.74, 6) is 0. The highest BCUT2D eigenvalue weighted by Crippen LogP contribution is 1.91. The fourth-order valence-electron chi connectivity index (χ4n) is 0.327. The number of nitrogens with zero attached hydrogens (tertiary/aromatic N) is 1. The summed E-state index contributed by atoms with van der Waals surface area (Å²) in [5.41, 5.74) is 0. The van der Waals surface area contributed by atoms with E-state index in [0.29, 0.717) is 12.8 Å². The van der Waals surface area contributed by atoms with Gasteiger partial charge in [0.05, 0.1) is 6.10 Å². The van der Waals surface area contributed by atoms with Crippen LogP contribution in [0.15, 0.2) is 0 Å². The molecule has 0 aliphatic heterocycles. The molecule has 0 rings (SSSR count). The van der Waals surface area contributed by atoms with Gasteiger partial charge in [-0.25, -0.2) is 0 Å². The van der Waals surface area contributed by atoms with Gasteiger partial charge in [0.25, 0.3) is 0 Å². The lowest BCUT2D eigenvalue weighted by Gasteiger charge is -1.97. The largest absolute Gasteiger partial charge is 0.396 e. The zero-order chi connectivity index (χ0) is 9.28. The molecule has 0 aromatic carbocycles. The Morgan fingerprint density at radius 1 is 1.36 bits per heavy atom. The standard InChI is InChI=1S/C5H11O2.C3H9N/c1-5(7)3-2-4-6;1-4(2)3/h5-7H,1-4H2;1-3H3. The Balaban J connectivity index is 0. The molecule has 11 heavy (non-hydrogen) atoms. The minimum absolute atomic E-state index is 0.145. The van der Waals surface area contributed by atoms with Gasteiger partial charge in [-0.15, -0.1) is 0 Å². The molecule has 0 amide bonds. The van der Waals surface area contributed by atoms with Gasteiger partial charge in [0.2, 0.25) is 0 Å². The third kappa shape index (κ3) is 40.8. The Morgan fingerprint density at radius 2 is 1.73 bits per heavy atom. The number of hydrogen-bond donors (Lipinski definition) is 2. The Hall–Kier alpha value is -0.120. The van der Waals surface area contributed by atoms with E-state index in [2.05, 4.69) is 6.92 Å². The van der Waals surface area contributed by atoms with E-state index >= 15 is 0 Å². The molecule has 0 heterocycles. The highest BCUT2D eigenvalue weighted by Gasteiger charge is 1.91. The van der Waals surface area contributed by atoms with E-state index in [1.807, 2.05) is 26.0 Å². The summed E-state index contributed by atoms with van der Waals surface area (Å²) in [5, 5.41) is 16.6. The molecule has 0 bridgehead atoms. The summed E-state index contributed by atoms with van der Waals surface area (Å²) in [6.45, 7) is 3.47. The molecule has 3 nitrogen and oxygen atoms in total. The minimum Gasteiger partial charge on any atom is -0.396 e. The summed E-state index contributed by atoms with van der Waals surface area (Å²) in [7, 11) is 6.00. The molecular weight excluding hydrogens is 142 g/mol. The normalized spacial score (nSPS) is 12.3. The molecule has 1 unspecified atom stereocenters. The predicted octanol–water partition coefficient (Wildman–Crippen LogP) is 0.132.